The molecule has 0 fully saturated rings. The Morgan fingerprint density at radius 3 is 2.95 bits per heavy atom. The van der Waals surface area contributed by atoms with Gasteiger partial charge in [0.05, 0.1) is 5.52 Å². The van der Waals surface area contributed by atoms with Crippen molar-refractivity contribution in [2.75, 3.05) is 20.1 Å². The van der Waals surface area contributed by atoms with Crippen molar-refractivity contribution in [2.24, 2.45) is 5.73 Å². The third-order valence-electron chi connectivity index (χ3n) is 3.23. The van der Waals surface area contributed by atoms with E-state index in [1.807, 2.05) is 25.1 Å². The molecule has 0 spiro atoms. The van der Waals surface area contributed by atoms with Gasteiger partial charge in [0.25, 0.3) is 0 Å². The number of aromatic amines is 1. The second-order valence-corrected chi connectivity index (χ2v) is 5.16. The van der Waals surface area contributed by atoms with Crippen LogP contribution >= 0.6 is 0 Å². The van der Waals surface area contributed by atoms with Crippen molar-refractivity contribution in [1.29, 1.82) is 0 Å². The molecule has 0 amide bonds. The second-order valence-electron chi connectivity index (χ2n) is 5.16. The van der Waals surface area contributed by atoms with Gasteiger partial charge in [0.2, 0.25) is 0 Å². The van der Waals surface area contributed by atoms with E-state index in [9.17, 15) is 4.79 Å². The van der Waals surface area contributed by atoms with Gasteiger partial charge in [0.1, 0.15) is 0 Å². The molecule has 104 valence electrons. The highest BCUT2D eigenvalue weighted by molar-refractivity contribution is 5.72. The summed E-state index contributed by atoms with van der Waals surface area (Å²) >= 11 is 0. The number of benzene rings is 1. The van der Waals surface area contributed by atoms with Crippen molar-refractivity contribution in [1.82, 2.24) is 9.88 Å². The Bertz CT molecular complexity index is 586. The Morgan fingerprint density at radius 2 is 2.21 bits per heavy atom. The summed E-state index contributed by atoms with van der Waals surface area (Å²) in [5, 5.41) is 0. The molecule has 5 heteroatoms. The molecule has 3 N–H and O–H groups in total. The molecule has 1 unspecified atom stereocenters. The molecule has 5 nitrogen and oxygen atoms in total. The van der Waals surface area contributed by atoms with Gasteiger partial charge in [-0.05, 0) is 51.1 Å². The molecule has 1 atom stereocenters. The molecular formula is C14H21N3O2. The van der Waals surface area contributed by atoms with Gasteiger partial charge in [-0.2, -0.15) is 0 Å². The summed E-state index contributed by atoms with van der Waals surface area (Å²) in [5.41, 5.74) is 8.28. The number of hydrogen-bond acceptors (Lipinski definition) is 4. The number of fused-ring (bicyclic) bond motifs is 1. The normalized spacial score (nSPS) is 13.3. The minimum Gasteiger partial charge on any atom is -0.408 e. The number of oxazole rings is 1. The average molecular weight is 263 g/mol. The quantitative estimate of drug-likeness (QED) is 0.824. The fourth-order valence-electron chi connectivity index (χ4n) is 2.00. The summed E-state index contributed by atoms with van der Waals surface area (Å²) < 4.78 is 5.05. The van der Waals surface area contributed by atoms with Gasteiger partial charge in [0, 0.05) is 12.6 Å². The number of nitrogens with zero attached hydrogens (tertiary/aromatic N) is 1. The number of aromatic nitrogens is 1. The Balaban J connectivity index is 1.92. The third-order valence-corrected chi connectivity index (χ3v) is 3.23. The van der Waals surface area contributed by atoms with Gasteiger partial charge >= 0.3 is 5.76 Å². The number of likely N-dealkylation sites (N-methyl/N-ethyl adjacent to an activating group) is 1. The first-order valence-electron chi connectivity index (χ1n) is 6.60. The molecule has 0 saturated heterocycles. The van der Waals surface area contributed by atoms with Crippen LogP contribution in [0, 0.1) is 0 Å². The van der Waals surface area contributed by atoms with E-state index in [1.54, 1.807) is 0 Å². The van der Waals surface area contributed by atoms with E-state index in [4.69, 9.17) is 10.2 Å². The lowest BCUT2D eigenvalue weighted by Crippen LogP contribution is -2.27. The standard InChI is InChI=1S/C14H21N3O2/c1-10(15)5-7-17(2)8-6-11-3-4-12-13(9-11)19-14(18)16-12/h3-4,9-10H,5-8,15H2,1-2H3,(H,16,18). The molecular weight excluding hydrogens is 242 g/mol. The predicted octanol–water partition coefficient (Wildman–Crippen LogP) is 1.33. The summed E-state index contributed by atoms with van der Waals surface area (Å²) in [4.78, 5) is 16.0. The Hall–Kier alpha value is -1.59. The van der Waals surface area contributed by atoms with Crippen LogP contribution in [0.15, 0.2) is 27.4 Å². The number of H-pyrrole nitrogens is 1. The number of rotatable bonds is 6. The molecule has 1 aromatic heterocycles. The van der Waals surface area contributed by atoms with Gasteiger partial charge < -0.3 is 15.1 Å². The minimum atomic E-state index is -0.402. The molecule has 0 bridgehead atoms. The first-order valence-corrected chi connectivity index (χ1v) is 6.60. The summed E-state index contributed by atoms with van der Waals surface area (Å²) in [6.45, 7) is 3.99. The molecule has 2 rings (SSSR count). The van der Waals surface area contributed by atoms with Crippen LogP contribution in [0.1, 0.15) is 18.9 Å². The number of hydrogen-bond donors (Lipinski definition) is 2. The monoisotopic (exact) mass is 263 g/mol. The Kier molecular flexibility index (Phi) is 4.39. The Morgan fingerprint density at radius 1 is 1.42 bits per heavy atom. The largest absolute Gasteiger partial charge is 0.417 e. The van der Waals surface area contributed by atoms with E-state index < -0.39 is 5.76 Å². The van der Waals surface area contributed by atoms with Gasteiger partial charge in [0.15, 0.2) is 5.58 Å². The Labute approximate surface area is 112 Å². The summed E-state index contributed by atoms with van der Waals surface area (Å²) in [7, 11) is 2.09. The van der Waals surface area contributed by atoms with E-state index in [2.05, 4.69) is 16.9 Å². The van der Waals surface area contributed by atoms with Crippen LogP contribution in [0.2, 0.25) is 0 Å². The highest BCUT2D eigenvalue weighted by Gasteiger charge is 2.04. The van der Waals surface area contributed by atoms with Crippen molar-refractivity contribution in [3.63, 3.8) is 0 Å². The summed E-state index contributed by atoms with van der Waals surface area (Å²) in [5.74, 6) is -0.402. The van der Waals surface area contributed by atoms with Crippen molar-refractivity contribution in [3.8, 4) is 0 Å². The van der Waals surface area contributed by atoms with Crippen molar-refractivity contribution in [2.45, 2.75) is 25.8 Å². The lowest BCUT2D eigenvalue weighted by atomic mass is 10.1. The van der Waals surface area contributed by atoms with Crippen molar-refractivity contribution in [3.05, 3.63) is 34.3 Å². The van der Waals surface area contributed by atoms with E-state index in [0.717, 1.165) is 31.4 Å². The molecule has 1 aromatic carbocycles. The topological polar surface area (TPSA) is 75.3 Å². The maximum atomic E-state index is 11.1. The van der Waals surface area contributed by atoms with E-state index >= 15 is 0 Å². The molecule has 0 radical (unpaired) electrons. The third kappa shape index (κ3) is 3.94. The van der Waals surface area contributed by atoms with Crippen LogP contribution in [0.3, 0.4) is 0 Å². The van der Waals surface area contributed by atoms with Crippen LogP contribution in [-0.2, 0) is 6.42 Å². The van der Waals surface area contributed by atoms with Crippen LogP contribution in [0.5, 0.6) is 0 Å². The molecule has 1 heterocycles. The van der Waals surface area contributed by atoms with Crippen molar-refractivity contribution < 1.29 is 4.42 Å². The second kappa shape index (κ2) is 6.04. The van der Waals surface area contributed by atoms with Gasteiger partial charge in [-0.15, -0.1) is 0 Å². The lowest BCUT2D eigenvalue weighted by Gasteiger charge is -2.17. The smallest absolute Gasteiger partial charge is 0.408 e. The zero-order valence-corrected chi connectivity index (χ0v) is 11.5. The van der Waals surface area contributed by atoms with Crippen LogP contribution < -0.4 is 11.5 Å². The summed E-state index contributed by atoms with van der Waals surface area (Å²) in [6, 6.07) is 6.07. The predicted molar refractivity (Wildman–Crippen MR) is 76.3 cm³/mol. The average Bonchev–Trinajstić information content (AvgIpc) is 2.73. The number of nitrogens with one attached hydrogen (secondary N) is 1. The van der Waals surface area contributed by atoms with Crippen LogP contribution in [0.4, 0.5) is 0 Å². The summed E-state index contributed by atoms with van der Waals surface area (Å²) in [6.07, 6.45) is 1.93. The van der Waals surface area contributed by atoms with Gasteiger partial charge in [-0.1, -0.05) is 6.07 Å². The fraction of sp³-hybridized carbons (Fsp3) is 0.500. The molecule has 0 aliphatic rings. The molecule has 2 aromatic rings. The minimum absolute atomic E-state index is 0.243. The SMILES string of the molecule is CC(N)CCN(C)CCc1ccc2[nH]c(=O)oc2c1. The molecule has 0 aliphatic heterocycles. The van der Waals surface area contributed by atoms with E-state index in [1.165, 1.54) is 5.56 Å². The van der Waals surface area contributed by atoms with Crippen molar-refractivity contribution >= 4 is 11.1 Å². The van der Waals surface area contributed by atoms with E-state index in [-0.39, 0.29) is 6.04 Å². The van der Waals surface area contributed by atoms with Gasteiger partial charge in [-0.3, -0.25) is 4.98 Å². The van der Waals surface area contributed by atoms with Gasteiger partial charge in [-0.25, -0.2) is 4.79 Å². The zero-order chi connectivity index (χ0) is 13.8. The van der Waals surface area contributed by atoms with E-state index in [0.29, 0.717) is 5.58 Å². The zero-order valence-electron chi connectivity index (χ0n) is 11.5. The molecule has 0 saturated carbocycles. The molecule has 19 heavy (non-hydrogen) atoms. The maximum Gasteiger partial charge on any atom is 0.417 e. The highest BCUT2D eigenvalue weighted by atomic mass is 16.4. The molecule has 0 aliphatic carbocycles. The maximum absolute atomic E-state index is 11.1. The first-order chi connectivity index (χ1) is 9.04. The van der Waals surface area contributed by atoms with Crippen LogP contribution in [0.25, 0.3) is 11.1 Å². The van der Waals surface area contributed by atoms with Crippen LogP contribution in [-0.4, -0.2) is 36.1 Å². The lowest BCUT2D eigenvalue weighted by molar-refractivity contribution is 0.324. The number of nitrogens with two attached hydrogens (primary N) is 1. The highest BCUT2D eigenvalue weighted by Crippen LogP contribution is 2.13. The fourth-order valence-corrected chi connectivity index (χ4v) is 2.00. The first kappa shape index (κ1) is 13.8.